The third kappa shape index (κ3) is 4.78. The van der Waals surface area contributed by atoms with E-state index in [2.05, 4.69) is 191 Å². The molecule has 0 aliphatic heterocycles. The second-order valence-corrected chi connectivity index (χ2v) is 13.8. The maximum atomic E-state index is 5.19. The topological polar surface area (TPSA) is 35.6 Å². The van der Waals surface area contributed by atoms with Crippen molar-refractivity contribution in [2.75, 3.05) is 0 Å². The van der Waals surface area contributed by atoms with E-state index in [0.29, 0.717) is 5.82 Å². The summed E-state index contributed by atoms with van der Waals surface area (Å²) in [5, 5.41) is 5.91. The van der Waals surface area contributed by atoms with E-state index in [9.17, 15) is 0 Å². The number of aromatic nitrogens is 4. The molecule has 3 heterocycles. The van der Waals surface area contributed by atoms with E-state index < -0.39 is 0 Å². The number of para-hydroxylation sites is 3. The van der Waals surface area contributed by atoms with Crippen molar-refractivity contribution in [3.63, 3.8) is 0 Å². The van der Waals surface area contributed by atoms with Gasteiger partial charge in [0.05, 0.1) is 33.3 Å². The van der Waals surface area contributed by atoms with Gasteiger partial charge in [0.2, 0.25) is 0 Å². The van der Waals surface area contributed by atoms with Crippen molar-refractivity contribution < 1.29 is 0 Å². The summed E-state index contributed by atoms with van der Waals surface area (Å²) in [4.78, 5) is 10.3. The van der Waals surface area contributed by atoms with Gasteiger partial charge < -0.3 is 9.13 Å². The molecule has 0 aliphatic carbocycles. The molecule has 0 unspecified atom stereocenters. The molecule has 3 aromatic heterocycles. The van der Waals surface area contributed by atoms with Crippen LogP contribution < -0.4 is 0 Å². The van der Waals surface area contributed by atoms with Crippen LogP contribution >= 0.6 is 0 Å². The molecule has 0 fully saturated rings. The number of fused-ring (bicyclic) bond motifs is 7. The Morgan fingerprint density at radius 2 is 0.815 bits per heavy atom. The molecule has 4 nitrogen and oxygen atoms in total. The van der Waals surface area contributed by atoms with Crippen LogP contribution in [-0.4, -0.2) is 19.1 Å². The molecule has 0 saturated carbocycles. The van der Waals surface area contributed by atoms with Gasteiger partial charge in [-0.15, -0.1) is 0 Å². The van der Waals surface area contributed by atoms with Crippen LogP contribution in [0.15, 0.2) is 194 Å². The monoisotopic (exact) mass is 688 g/mol. The van der Waals surface area contributed by atoms with Crippen LogP contribution in [0.5, 0.6) is 0 Å². The highest BCUT2D eigenvalue weighted by molar-refractivity contribution is 6.19. The Bertz CT molecular complexity index is 3190. The highest BCUT2D eigenvalue weighted by atomic mass is 15.0. The van der Waals surface area contributed by atoms with Gasteiger partial charge in [0.15, 0.2) is 5.82 Å². The van der Waals surface area contributed by atoms with Gasteiger partial charge in [0, 0.05) is 49.4 Å². The van der Waals surface area contributed by atoms with Crippen LogP contribution in [0.4, 0.5) is 0 Å². The molecule has 0 aliphatic rings. The summed E-state index contributed by atoms with van der Waals surface area (Å²) in [5.41, 5.74) is 13.2. The Kier molecular flexibility index (Phi) is 6.82. The number of rotatable bonds is 5. The second-order valence-electron chi connectivity index (χ2n) is 13.8. The van der Waals surface area contributed by atoms with Crippen molar-refractivity contribution in [2.45, 2.75) is 0 Å². The minimum Gasteiger partial charge on any atom is -0.309 e. The van der Waals surface area contributed by atoms with Crippen LogP contribution in [-0.2, 0) is 0 Å². The zero-order chi connectivity index (χ0) is 35.6. The van der Waals surface area contributed by atoms with Crippen LogP contribution in [0, 0.1) is 0 Å². The Hall–Kier alpha value is -7.30. The summed E-state index contributed by atoms with van der Waals surface area (Å²) in [6, 6.07) is 69.1. The first-order valence-electron chi connectivity index (χ1n) is 18.3. The summed E-state index contributed by atoms with van der Waals surface area (Å²) in [6.07, 6.45) is 0. The summed E-state index contributed by atoms with van der Waals surface area (Å²) < 4.78 is 4.81. The lowest BCUT2D eigenvalue weighted by molar-refractivity contribution is 1.17. The first kappa shape index (κ1) is 30.3. The Morgan fingerprint density at radius 1 is 0.296 bits per heavy atom. The summed E-state index contributed by atoms with van der Waals surface area (Å²) in [5.74, 6) is 0.707. The number of hydrogen-bond donors (Lipinski definition) is 0. The van der Waals surface area contributed by atoms with Gasteiger partial charge in [0.1, 0.15) is 0 Å². The van der Waals surface area contributed by atoms with Gasteiger partial charge in [0.25, 0.3) is 0 Å². The first-order chi connectivity index (χ1) is 26.8. The van der Waals surface area contributed by atoms with E-state index in [1.165, 1.54) is 43.7 Å². The van der Waals surface area contributed by atoms with Crippen molar-refractivity contribution in [2.24, 2.45) is 0 Å². The smallest absolute Gasteiger partial charge is 0.160 e. The quantitative estimate of drug-likeness (QED) is 0.180. The van der Waals surface area contributed by atoms with Crippen molar-refractivity contribution >= 4 is 54.5 Å². The van der Waals surface area contributed by atoms with Gasteiger partial charge in [-0.25, -0.2) is 9.97 Å². The zero-order valence-electron chi connectivity index (χ0n) is 29.3. The summed E-state index contributed by atoms with van der Waals surface area (Å²) in [6.45, 7) is 0. The number of benzene rings is 8. The molecule has 8 aromatic carbocycles. The fourth-order valence-corrected chi connectivity index (χ4v) is 8.23. The Balaban J connectivity index is 1.12. The molecule has 0 radical (unpaired) electrons. The molecule has 0 amide bonds. The average Bonchev–Trinajstić information content (AvgIpc) is 3.75. The second kappa shape index (κ2) is 12.1. The van der Waals surface area contributed by atoms with Crippen molar-refractivity contribution in [3.05, 3.63) is 194 Å². The van der Waals surface area contributed by atoms with Gasteiger partial charge in [-0.3, -0.25) is 0 Å². The number of hydrogen-bond acceptors (Lipinski definition) is 2. The molecule has 54 heavy (non-hydrogen) atoms. The zero-order valence-corrected chi connectivity index (χ0v) is 29.3. The lowest BCUT2D eigenvalue weighted by atomic mass is 10.1. The molecular formula is C50H32N4. The largest absolute Gasteiger partial charge is 0.309 e. The minimum atomic E-state index is 0.707. The van der Waals surface area contributed by atoms with Gasteiger partial charge in [-0.1, -0.05) is 140 Å². The molecular weight excluding hydrogens is 657 g/mol. The van der Waals surface area contributed by atoms with E-state index in [-0.39, 0.29) is 0 Å². The van der Waals surface area contributed by atoms with E-state index >= 15 is 0 Å². The Labute approximate surface area is 311 Å². The van der Waals surface area contributed by atoms with E-state index in [1.807, 2.05) is 12.1 Å². The third-order valence-electron chi connectivity index (χ3n) is 10.7. The van der Waals surface area contributed by atoms with Crippen molar-refractivity contribution in [1.29, 1.82) is 0 Å². The average molecular weight is 689 g/mol. The predicted octanol–water partition coefficient (Wildman–Crippen LogP) is 12.8. The van der Waals surface area contributed by atoms with Gasteiger partial charge in [-0.2, -0.15) is 0 Å². The van der Waals surface area contributed by atoms with E-state index in [1.54, 1.807) is 0 Å². The Morgan fingerprint density at radius 3 is 1.48 bits per heavy atom. The fraction of sp³-hybridized carbons (Fsp3) is 0. The highest BCUT2D eigenvalue weighted by Gasteiger charge is 2.19. The fourth-order valence-electron chi connectivity index (χ4n) is 8.23. The molecule has 0 atom stereocenters. The molecule has 0 N–H and O–H groups in total. The molecule has 4 heteroatoms. The van der Waals surface area contributed by atoms with Crippen LogP contribution in [0.3, 0.4) is 0 Å². The van der Waals surface area contributed by atoms with E-state index in [0.717, 1.165) is 50.1 Å². The normalized spacial score (nSPS) is 11.7. The SMILES string of the molecule is c1ccc(-c2ccc(-n3c4ccccc4c4cc5c(cc43)c3ccccc3n5-c3cccc(-c4nc(-c5ccccc5)c5ccccc5n4)c3)cc2)cc1. The minimum absolute atomic E-state index is 0.707. The maximum Gasteiger partial charge on any atom is 0.160 e. The predicted molar refractivity (Wildman–Crippen MR) is 225 cm³/mol. The highest BCUT2D eigenvalue weighted by Crippen LogP contribution is 2.40. The van der Waals surface area contributed by atoms with Crippen molar-refractivity contribution in [3.8, 4) is 45.1 Å². The van der Waals surface area contributed by atoms with Crippen molar-refractivity contribution in [1.82, 2.24) is 19.1 Å². The molecule has 11 rings (SSSR count). The summed E-state index contributed by atoms with van der Waals surface area (Å²) in [7, 11) is 0. The molecule has 252 valence electrons. The standard InChI is InChI=1S/C50H32N4/c1-3-14-33(15-4-1)34-26-28-37(29-27-34)53-45-24-11-8-20-39(45)42-32-48-43(31-47(42)53)40-21-9-12-25-46(40)54(48)38-19-13-18-36(30-38)50-51-44-23-10-7-22-41(44)49(52-50)35-16-5-2-6-17-35/h1-32H. The first-order valence-corrected chi connectivity index (χ1v) is 18.3. The van der Waals surface area contributed by atoms with Crippen LogP contribution in [0.25, 0.3) is 99.7 Å². The molecule has 11 aromatic rings. The molecule has 0 bridgehead atoms. The molecule has 0 spiro atoms. The maximum absolute atomic E-state index is 5.19. The van der Waals surface area contributed by atoms with Gasteiger partial charge in [-0.05, 0) is 65.7 Å². The summed E-state index contributed by atoms with van der Waals surface area (Å²) >= 11 is 0. The lowest BCUT2D eigenvalue weighted by Crippen LogP contribution is -1.98. The number of nitrogens with zero attached hydrogens (tertiary/aromatic N) is 4. The molecule has 0 saturated heterocycles. The van der Waals surface area contributed by atoms with E-state index in [4.69, 9.17) is 9.97 Å². The van der Waals surface area contributed by atoms with Crippen LogP contribution in [0.2, 0.25) is 0 Å². The van der Waals surface area contributed by atoms with Crippen LogP contribution in [0.1, 0.15) is 0 Å². The third-order valence-corrected chi connectivity index (χ3v) is 10.7. The van der Waals surface area contributed by atoms with Gasteiger partial charge >= 0.3 is 0 Å². The lowest BCUT2D eigenvalue weighted by Gasteiger charge is -2.12.